The summed E-state index contributed by atoms with van der Waals surface area (Å²) in [4.78, 5) is 0. The van der Waals surface area contributed by atoms with Crippen LogP contribution in [0.15, 0.2) is 79.0 Å². The summed E-state index contributed by atoms with van der Waals surface area (Å²) < 4.78 is 5.19. The summed E-state index contributed by atoms with van der Waals surface area (Å²) in [5.41, 5.74) is 9.68. The van der Waals surface area contributed by atoms with Gasteiger partial charge in [-0.2, -0.15) is 0 Å². The molecular formula is C28H25GeN2+. The molecule has 2 heterocycles. The van der Waals surface area contributed by atoms with Gasteiger partial charge in [0, 0.05) is 0 Å². The van der Waals surface area contributed by atoms with E-state index < -0.39 is 13.3 Å². The molecule has 0 N–H and O–H groups in total. The van der Waals surface area contributed by atoms with E-state index >= 15 is 0 Å². The van der Waals surface area contributed by atoms with Crippen molar-refractivity contribution in [2.75, 3.05) is 0 Å². The summed E-state index contributed by atoms with van der Waals surface area (Å²) in [5, 5.41) is 9.98. The number of rotatable bonds is 2. The zero-order valence-electron chi connectivity index (χ0n) is 18.4. The number of hydrogen-bond donors (Lipinski definition) is 0. The van der Waals surface area contributed by atoms with Crippen molar-refractivity contribution < 1.29 is 4.57 Å². The van der Waals surface area contributed by atoms with E-state index in [0.717, 1.165) is 16.7 Å². The van der Waals surface area contributed by atoms with Crippen molar-refractivity contribution in [3.63, 3.8) is 0 Å². The van der Waals surface area contributed by atoms with Crippen molar-refractivity contribution >= 4 is 22.1 Å². The Morgan fingerprint density at radius 2 is 1.42 bits per heavy atom. The van der Waals surface area contributed by atoms with Crippen LogP contribution < -0.4 is 13.4 Å². The number of aromatic nitrogens is 1. The molecule has 31 heavy (non-hydrogen) atoms. The Bertz CT molecular complexity index is 1380. The van der Waals surface area contributed by atoms with Gasteiger partial charge in [0.25, 0.3) is 0 Å². The van der Waals surface area contributed by atoms with E-state index in [9.17, 15) is 5.26 Å². The van der Waals surface area contributed by atoms with Crippen LogP contribution >= 0.6 is 0 Å². The van der Waals surface area contributed by atoms with Gasteiger partial charge in [-0.3, -0.25) is 0 Å². The van der Waals surface area contributed by atoms with Gasteiger partial charge >= 0.3 is 187 Å². The van der Waals surface area contributed by atoms with E-state index in [2.05, 4.69) is 103 Å². The summed E-state index contributed by atoms with van der Waals surface area (Å²) in [6, 6.07) is 28.1. The maximum atomic E-state index is 9.98. The van der Waals surface area contributed by atoms with Gasteiger partial charge in [0.2, 0.25) is 0 Å². The zero-order chi connectivity index (χ0) is 21.8. The second kappa shape index (κ2) is 7.22. The summed E-state index contributed by atoms with van der Waals surface area (Å²) >= 11 is -2.75. The van der Waals surface area contributed by atoms with Crippen molar-refractivity contribution in [1.29, 1.82) is 5.26 Å². The van der Waals surface area contributed by atoms with Gasteiger partial charge in [-0.1, -0.05) is 0 Å². The molecule has 0 aliphatic carbocycles. The molecule has 1 aliphatic rings. The molecule has 3 aromatic carbocycles. The fraction of sp³-hybridized carbons (Fsp3) is 0.143. The van der Waals surface area contributed by atoms with Gasteiger partial charge in [0.05, 0.1) is 0 Å². The quantitative estimate of drug-likeness (QED) is 0.310. The molecular weight excluding hydrogens is 437 g/mol. The number of fused-ring (bicyclic) bond motifs is 3. The minimum atomic E-state index is -2.75. The van der Waals surface area contributed by atoms with E-state index in [-0.39, 0.29) is 0 Å². The predicted octanol–water partition coefficient (Wildman–Crippen LogP) is 4.83. The second-order valence-electron chi connectivity index (χ2n) is 8.89. The normalized spacial score (nSPS) is 13.4. The Balaban J connectivity index is 1.89. The third kappa shape index (κ3) is 2.88. The standard InChI is InChI=1S/C28H25GeN2/c1-19-13-15-22-23-16-14-21(18-30)26(20-10-6-5-7-11-20)28(23)29(2,3)27(22)25(19)24-12-8-9-17-31(24)4/h5-17H,1-4H3/q+1. The molecule has 2 nitrogen and oxygen atoms in total. The van der Waals surface area contributed by atoms with Crippen LogP contribution in [0.4, 0.5) is 0 Å². The first kappa shape index (κ1) is 19.8. The molecule has 0 amide bonds. The number of nitrogens with zero attached hydrogens (tertiary/aromatic N) is 2. The third-order valence-electron chi connectivity index (χ3n) is 6.65. The first-order chi connectivity index (χ1) is 14.9. The molecule has 0 radical (unpaired) electrons. The molecule has 3 heteroatoms. The maximum absolute atomic E-state index is 9.98. The van der Waals surface area contributed by atoms with Gasteiger partial charge < -0.3 is 0 Å². The van der Waals surface area contributed by atoms with Crippen LogP contribution in [0.2, 0.25) is 11.5 Å². The van der Waals surface area contributed by atoms with Crippen LogP contribution in [0.3, 0.4) is 0 Å². The van der Waals surface area contributed by atoms with Crippen LogP contribution in [0, 0.1) is 18.3 Å². The average molecular weight is 462 g/mol. The second-order valence-corrected chi connectivity index (χ2v) is 17.8. The van der Waals surface area contributed by atoms with Crippen molar-refractivity contribution in [2.24, 2.45) is 7.05 Å². The molecule has 1 aromatic heterocycles. The molecule has 150 valence electrons. The molecule has 0 atom stereocenters. The van der Waals surface area contributed by atoms with Gasteiger partial charge in [0.15, 0.2) is 0 Å². The van der Waals surface area contributed by atoms with Crippen molar-refractivity contribution in [2.45, 2.75) is 18.4 Å². The molecule has 0 saturated heterocycles. The van der Waals surface area contributed by atoms with Crippen LogP contribution in [0.5, 0.6) is 0 Å². The van der Waals surface area contributed by atoms with Crippen LogP contribution in [0.25, 0.3) is 33.5 Å². The van der Waals surface area contributed by atoms with Crippen LogP contribution in [0.1, 0.15) is 11.1 Å². The molecule has 0 spiro atoms. The number of hydrogen-bond acceptors (Lipinski definition) is 1. The molecule has 0 saturated carbocycles. The monoisotopic (exact) mass is 463 g/mol. The molecule has 4 aromatic rings. The first-order valence-corrected chi connectivity index (χ1v) is 17.0. The number of benzene rings is 3. The molecule has 1 aliphatic heterocycles. The van der Waals surface area contributed by atoms with E-state index in [1.807, 2.05) is 12.1 Å². The molecule has 0 unspecified atom stereocenters. The number of pyridine rings is 1. The Morgan fingerprint density at radius 3 is 2.10 bits per heavy atom. The Hall–Kier alpha value is -3.16. The van der Waals surface area contributed by atoms with E-state index in [4.69, 9.17) is 0 Å². The molecule has 5 rings (SSSR count). The first-order valence-electron chi connectivity index (χ1n) is 10.7. The van der Waals surface area contributed by atoms with E-state index in [1.54, 1.807) is 0 Å². The van der Waals surface area contributed by atoms with Gasteiger partial charge in [-0.25, -0.2) is 0 Å². The predicted molar refractivity (Wildman–Crippen MR) is 130 cm³/mol. The molecule has 0 fully saturated rings. The Morgan fingerprint density at radius 1 is 0.774 bits per heavy atom. The van der Waals surface area contributed by atoms with Crippen molar-refractivity contribution in [3.05, 3.63) is 90.1 Å². The number of nitriles is 1. The van der Waals surface area contributed by atoms with Gasteiger partial charge in [0.1, 0.15) is 0 Å². The fourth-order valence-corrected chi connectivity index (χ4v) is 13.4. The topological polar surface area (TPSA) is 27.7 Å². The van der Waals surface area contributed by atoms with E-state index in [1.165, 1.54) is 36.7 Å². The fourth-order valence-electron chi connectivity index (χ4n) is 5.29. The van der Waals surface area contributed by atoms with Crippen molar-refractivity contribution in [1.82, 2.24) is 0 Å². The van der Waals surface area contributed by atoms with Crippen molar-refractivity contribution in [3.8, 4) is 39.6 Å². The summed E-state index contributed by atoms with van der Waals surface area (Å²) in [7, 11) is 2.12. The SMILES string of the molecule is Cc1ccc2[c](c1-c1cccc[n+]1C)[Ge]([CH3])([CH3])[c]1c-2ccc(C#N)c1-c1ccccc1. The summed E-state index contributed by atoms with van der Waals surface area (Å²) in [6.45, 7) is 2.22. The Kier molecular flexibility index (Phi) is 4.61. The summed E-state index contributed by atoms with van der Waals surface area (Å²) in [5.74, 6) is 4.98. The van der Waals surface area contributed by atoms with Crippen LogP contribution in [-0.4, -0.2) is 13.3 Å². The Labute approximate surface area is 186 Å². The minimum absolute atomic E-state index is 0.778. The average Bonchev–Trinajstić information content (AvgIpc) is 3.01. The number of aryl methyl sites for hydroxylation is 2. The third-order valence-corrected chi connectivity index (χ3v) is 14.1. The zero-order valence-corrected chi connectivity index (χ0v) is 20.5. The summed E-state index contributed by atoms with van der Waals surface area (Å²) in [6.07, 6.45) is 2.12. The van der Waals surface area contributed by atoms with Gasteiger partial charge in [-0.15, -0.1) is 0 Å². The van der Waals surface area contributed by atoms with Crippen LogP contribution in [-0.2, 0) is 7.05 Å². The van der Waals surface area contributed by atoms with E-state index in [0.29, 0.717) is 0 Å². The molecule has 0 bridgehead atoms. The van der Waals surface area contributed by atoms with Gasteiger partial charge in [-0.05, 0) is 0 Å².